The maximum Gasteiger partial charge on any atom is 0.120 e. The smallest absolute Gasteiger partial charge is 0.120 e. The largest absolute Gasteiger partial charge is 0.488 e. The predicted molar refractivity (Wildman–Crippen MR) is 80.0 cm³/mol. The molecule has 1 rings (SSSR count). The summed E-state index contributed by atoms with van der Waals surface area (Å²) in [7, 11) is 0. The summed E-state index contributed by atoms with van der Waals surface area (Å²) in [5.74, 6) is 1.74. The van der Waals surface area contributed by atoms with Crippen molar-refractivity contribution in [1.82, 2.24) is 0 Å². The Morgan fingerprint density at radius 3 is 1.16 bits per heavy atom. The minimum atomic E-state index is -0.160. The van der Waals surface area contributed by atoms with Crippen LogP contribution in [0.25, 0.3) is 0 Å². The molecular weight excluding hydrogens is 240 g/mol. The molecule has 1 aromatic carbocycles. The van der Waals surface area contributed by atoms with E-state index in [0.717, 1.165) is 11.5 Å². The van der Waals surface area contributed by atoms with E-state index in [-0.39, 0.29) is 17.8 Å². The molecule has 0 aliphatic heterocycles. The first-order chi connectivity index (χ1) is 8.57. The number of hydrogen-bond donors (Lipinski definition) is 1. The first kappa shape index (κ1) is 17.8. The maximum absolute atomic E-state index is 7.57. The molecule has 1 aromatic rings. The molecule has 0 fully saturated rings. The van der Waals surface area contributed by atoms with E-state index in [2.05, 4.69) is 0 Å². The lowest BCUT2D eigenvalue weighted by Crippen LogP contribution is -2.23. The van der Waals surface area contributed by atoms with Crippen molar-refractivity contribution in [3.8, 4) is 11.5 Å². The predicted octanol–water partition coefficient (Wildman–Crippen LogP) is 4.04. The van der Waals surface area contributed by atoms with Crippen LogP contribution in [0.15, 0.2) is 24.3 Å². The van der Waals surface area contributed by atoms with E-state index in [4.69, 9.17) is 14.6 Å². The number of hydrogen-bond acceptors (Lipinski definition) is 3. The fraction of sp³-hybridized carbons (Fsp3) is 0.625. The summed E-state index contributed by atoms with van der Waals surface area (Å²) in [6.07, 6.45) is 0. The first-order valence-electron chi connectivity index (χ1n) is 6.66. The van der Waals surface area contributed by atoms with Crippen molar-refractivity contribution in [3.63, 3.8) is 0 Å². The Bertz CT molecular complexity index is 307. The third kappa shape index (κ3) is 10.4. The van der Waals surface area contributed by atoms with Crippen molar-refractivity contribution in [2.24, 2.45) is 0 Å². The van der Waals surface area contributed by atoms with Gasteiger partial charge in [-0.2, -0.15) is 0 Å². The lowest BCUT2D eigenvalue weighted by atomic mass is 10.2. The molecular formula is C16H28O3. The molecule has 3 nitrogen and oxygen atoms in total. The molecule has 0 spiro atoms. The normalized spacial score (nSPS) is 11.4. The highest BCUT2D eigenvalue weighted by Crippen LogP contribution is 2.23. The monoisotopic (exact) mass is 268 g/mol. The second-order valence-electron chi connectivity index (χ2n) is 6.22. The average molecular weight is 268 g/mol. The summed E-state index contributed by atoms with van der Waals surface area (Å²) < 4.78 is 11.5. The summed E-state index contributed by atoms with van der Waals surface area (Å²) >= 11 is 0. The van der Waals surface area contributed by atoms with Gasteiger partial charge >= 0.3 is 0 Å². The zero-order chi connectivity index (χ0) is 15.1. The van der Waals surface area contributed by atoms with Crippen molar-refractivity contribution < 1.29 is 14.6 Å². The molecule has 0 saturated heterocycles. The van der Waals surface area contributed by atoms with Crippen molar-refractivity contribution in [2.75, 3.05) is 6.61 Å². The molecule has 0 radical (unpaired) electrons. The fourth-order valence-electron chi connectivity index (χ4n) is 1.28. The fourth-order valence-corrected chi connectivity index (χ4v) is 1.28. The summed E-state index contributed by atoms with van der Waals surface area (Å²) in [5, 5.41) is 7.57. The van der Waals surface area contributed by atoms with Gasteiger partial charge in [-0.15, -0.1) is 0 Å². The van der Waals surface area contributed by atoms with Gasteiger partial charge in [0.2, 0.25) is 0 Å². The van der Waals surface area contributed by atoms with Crippen LogP contribution in [-0.4, -0.2) is 22.9 Å². The average Bonchev–Trinajstić information content (AvgIpc) is 2.18. The van der Waals surface area contributed by atoms with Crippen molar-refractivity contribution >= 4 is 0 Å². The molecule has 3 heteroatoms. The summed E-state index contributed by atoms with van der Waals surface area (Å²) in [4.78, 5) is 0. The van der Waals surface area contributed by atoms with E-state index in [1.165, 1.54) is 0 Å². The van der Waals surface area contributed by atoms with E-state index >= 15 is 0 Å². The van der Waals surface area contributed by atoms with Gasteiger partial charge in [-0.1, -0.05) is 0 Å². The number of benzene rings is 1. The van der Waals surface area contributed by atoms with Crippen LogP contribution in [0.4, 0.5) is 0 Å². The van der Waals surface area contributed by atoms with Gasteiger partial charge < -0.3 is 14.6 Å². The quantitative estimate of drug-likeness (QED) is 0.879. The SMILES string of the molecule is CC(C)(C)Oc1ccc(OC(C)(C)C)cc1.CCO. The third-order valence-corrected chi connectivity index (χ3v) is 1.67. The van der Waals surface area contributed by atoms with Crippen LogP contribution in [0.5, 0.6) is 11.5 Å². The zero-order valence-electron chi connectivity index (χ0n) is 13.3. The van der Waals surface area contributed by atoms with E-state index in [0.29, 0.717) is 0 Å². The van der Waals surface area contributed by atoms with Gasteiger partial charge in [0.25, 0.3) is 0 Å². The molecule has 0 aromatic heterocycles. The zero-order valence-corrected chi connectivity index (χ0v) is 13.3. The molecule has 0 aliphatic carbocycles. The lowest BCUT2D eigenvalue weighted by Gasteiger charge is -2.23. The minimum absolute atomic E-state index is 0.160. The van der Waals surface area contributed by atoms with E-state index in [1.54, 1.807) is 6.92 Å². The van der Waals surface area contributed by atoms with Gasteiger partial charge in [-0.05, 0) is 72.7 Å². The van der Waals surface area contributed by atoms with Crippen LogP contribution in [0.2, 0.25) is 0 Å². The number of aliphatic hydroxyl groups excluding tert-OH is 1. The minimum Gasteiger partial charge on any atom is -0.488 e. The van der Waals surface area contributed by atoms with E-state index in [9.17, 15) is 0 Å². The lowest BCUT2D eigenvalue weighted by molar-refractivity contribution is 0.125. The highest BCUT2D eigenvalue weighted by Gasteiger charge is 2.13. The van der Waals surface area contributed by atoms with E-state index in [1.807, 2.05) is 65.8 Å². The van der Waals surface area contributed by atoms with Gasteiger partial charge in [-0.3, -0.25) is 0 Å². The molecule has 0 bridgehead atoms. The Labute approximate surface area is 117 Å². The second kappa shape index (κ2) is 7.39. The summed E-state index contributed by atoms with van der Waals surface area (Å²) in [5.41, 5.74) is -0.321. The van der Waals surface area contributed by atoms with Crippen LogP contribution in [0, 0.1) is 0 Å². The number of aliphatic hydroxyl groups is 1. The third-order valence-electron chi connectivity index (χ3n) is 1.67. The topological polar surface area (TPSA) is 38.7 Å². The Balaban J connectivity index is 0.000000982. The van der Waals surface area contributed by atoms with Crippen LogP contribution in [-0.2, 0) is 0 Å². The molecule has 0 unspecified atom stereocenters. The Kier molecular flexibility index (Phi) is 6.91. The Morgan fingerprint density at radius 1 is 0.789 bits per heavy atom. The Hall–Kier alpha value is -1.22. The van der Waals surface area contributed by atoms with Gasteiger partial charge in [-0.25, -0.2) is 0 Å². The molecule has 0 amide bonds. The molecule has 0 atom stereocenters. The van der Waals surface area contributed by atoms with Gasteiger partial charge in [0.05, 0.1) is 0 Å². The van der Waals surface area contributed by atoms with E-state index < -0.39 is 0 Å². The molecule has 0 heterocycles. The number of ether oxygens (including phenoxy) is 2. The van der Waals surface area contributed by atoms with Crippen molar-refractivity contribution in [2.45, 2.75) is 59.7 Å². The molecule has 19 heavy (non-hydrogen) atoms. The van der Waals surface area contributed by atoms with Gasteiger partial charge in [0, 0.05) is 6.61 Å². The number of rotatable bonds is 2. The second-order valence-corrected chi connectivity index (χ2v) is 6.22. The summed E-state index contributed by atoms with van der Waals surface area (Å²) in [6, 6.07) is 7.75. The highest BCUT2D eigenvalue weighted by atomic mass is 16.5. The highest BCUT2D eigenvalue weighted by molar-refractivity contribution is 5.31. The van der Waals surface area contributed by atoms with Crippen LogP contribution >= 0.6 is 0 Å². The molecule has 1 N–H and O–H groups in total. The Morgan fingerprint density at radius 2 is 1.00 bits per heavy atom. The summed E-state index contributed by atoms with van der Waals surface area (Å²) in [6.45, 7) is 14.1. The van der Waals surface area contributed by atoms with Crippen LogP contribution < -0.4 is 9.47 Å². The van der Waals surface area contributed by atoms with Crippen LogP contribution in [0.3, 0.4) is 0 Å². The van der Waals surface area contributed by atoms with Gasteiger partial charge in [0.1, 0.15) is 22.7 Å². The van der Waals surface area contributed by atoms with Crippen molar-refractivity contribution in [1.29, 1.82) is 0 Å². The van der Waals surface area contributed by atoms with Crippen LogP contribution in [0.1, 0.15) is 48.5 Å². The molecule has 0 saturated carbocycles. The standard InChI is InChI=1S/C14H22O2.C2H6O/c1-13(2,3)15-11-7-9-12(10-8-11)16-14(4,5)6;1-2-3/h7-10H,1-6H3;3H,2H2,1H3. The first-order valence-corrected chi connectivity index (χ1v) is 6.66. The van der Waals surface area contributed by atoms with Gasteiger partial charge in [0.15, 0.2) is 0 Å². The van der Waals surface area contributed by atoms with Crippen molar-refractivity contribution in [3.05, 3.63) is 24.3 Å². The maximum atomic E-state index is 7.57. The molecule has 110 valence electrons. The molecule has 0 aliphatic rings.